The summed E-state index contributed by atoms with van der Waals surface area (Å²) in [6.45, 7) is 8.57. The molecule has 3 N–H and O–H groups in total. The number of carbonyl (C=O) groups is 2. The van der Waals surface area contributed by atoms with Crippen LogP contribution in [0.4, 0.5) is 4.79 Å². The third-order valence-electron chi connectivity index (χ3n) is 3.10. The first kappa shape index (κ1) is 18.4. The lowest BCUT2D eigenvalue weighted by atomic mass is 9.84. The van der Waals surface area contributed by atoms with Crippen molar-refractivity contribution in [3.63, 3.8) is 0 Å². The number of hydrogen-bond donors (Lipinski definition) is 3. The summed E-state index contributed by atoms with van der Waals surface area (Å²) >= 11 is 0. The quantitative estimate of drug-likeness (QED) is 0.530. The molecule has 0 aromatic heterocycles. The summed E-state index contributed by atoms with van der Waals surface area (Å²) in [7, 11) is 0. The first-order valence-electron chi connectivity index (χ1n) is 6.78. The Morgan fingerprint density at radius 1 is 1.35 bits per heavy atom. The fourth-order valence-electron chi connectivity index (χ4n) is 1.74. The molecule has 6 nitrogen and oxygen atoms in total. The van der Waals surface area contributed by atoms with E-state index in [1.165, 1.54) is 4.90 Å². The molecule has 2 amide bonds. The standard InChI is InChI=1S/C14H26N2O4/c1-4-9-16(10-11-17)13(20)15-8-7-14(2,3)6-5-12(18)19/h4,17H,1,5-11H2,2-3H3,(H,15,20)(H,18,19). The van der Waals surface area contributed by atoms with Crippen LogP contribution in [0, 0.1) is 5.41 Å². The summed E-state index contributed by atoms with van der Waals surface area (Å²) in [4.78, 5) is 23.9. The van der Waals surface area contributed by atoms with Crippen LogP contribution in [0.5, 0.6) is 0 Å². The van der Waals surface area contributed by atoms with Gasteiger partial charge in [-0.1, -0.05) is 19.9 Å². The van der Waals surface area contributed by atoms with Crippen molar-refractivity contribution < 1.29 is 19.8 Å². The predicted molar refractivity (Wildman–Crippen MR) is 77.5 cm³/mol. The number of aliphatic carboxylic acids is 1. The zero-order valence-electron chi connectivity index (χ0n) is 12.4. The van der Waals surface area contributed by atoms with Crippen molar-refractivity contribution in [1.82, 2.24) is 10.2 Å². The monoisotopic (exact) mass is 286 g/mol. The highest BCUT2D eigenvalue weighted by atomic mass is 16.4. The minimum Gasteiger partial charge on any atom is -0.481 e. The maximum absolute atomic E-state index is 11.8. The molecule has 0 aliphatic rings. The molecule has 0 aromatic carbocycles. The maximum atomic E-state index is 11.8. The molecule has 0 saturated heterocycles. The van der Waals surface area contributed by atoms with Gasteiger partial charge in [-0.25, -0.2) is 4.79 Å². The van der Waals surface area contributed by atoms with Crippen LogP contribution < -0.4 is 5.32 Å². The molecule has 0 radical (unpaired) electrons. The Morgan fingerprint density at radius 3 is 2.50 bits per heavy atom. The van der Waals surface area contributed by atoms with E-state index in [1.54, 1.807) is 6.08 Å². The summed E-state index contributed by atoms with van der Waals surface area (Å²) in [5, 5.41) is 20.3. The molecule has 0 bridgehead atoms. The molecule has 0 heterocycles. The lowest BCUT2D eigenvalue weighted by Crippen LogP contribution is -2.42. The molecule has 0 saturated carbocycles. The van der Waals surface area contributed by atoms with Crippen LogP contribution >= 0.6 is 0 Å². The molecule has 0 unspecified atom stereocenters. The number of amides is 2. The lowest BCUT2D eigenvalue weighted by molar-refractivity contribution is -0.137. The number of nitrogens with one attached hydrogen (secondary N) is 1. The lowest BCUT2D eigenvalue weighted by Gasteiger charge is -2.25. The maximum Gasteiger partial charge on any atom is 0.317 e. The molecule has 0 rings (SSSR count). The minimum absolute atomic E-state index is 0.0919. The van der Waals surface area contributed by atoms with Gasteiger partial charge in [-0.05, 0) is 18.3 Å². The van der Waals surface area contributed by atoms with E-state index in [4.69, 9.17) is 10.2 Å². The zero-order valence-corrected chi connectivity index (χ0v) is 12.4. The van der Waals surface area contributed by atoms with Gasteiger partial charge in [-0.15, -0.1) is 6.58 Å². The third kappa shape index (κ3) is 8.53. The Hall–Kier alpha value is -1.56. The number of hydrogen-bond acceptors (Lipinski definition) is 3. The molecular formula is C14H26N2O4. The van der Waals surface area contributed by atoms with Crippen molar-refractivity contribution in [2.75, 3.05) is 26.2 Å². The van der Waals surface area contributed by atoms with Crippen molar-refractivity contribution in [3.8, 4) is 0 Å². The van der Waals surface area contributed by atoms with E-state index in [0.29, 0.717) is 25.9 Å². The van der Waals surface area contributed by atoms with E-state index in [9.17, 15) is 9.59 Å². The van der Waals surface area contributed by atoms with Gasteiger partial charge in [0.05, 0.1) is 6.61 Å². The van der Waals surface area contributed by atoms with Gasteiger partial charge >= 0.3 is 12.0 Å². The van der Waals surface area contributed by atoms with Crippen LogP contribution in [0.15, 0.2) is 12.7 Å². The van der Waals surface area contributed by atoms with E-state index in [-0.39, 0.29) is 31.0 Å². The molecule has 0 aromatic rings. The first-order valence-corrected chi connectivity index (χ1v) is 6.78. The Balaban J connectivity index is 4.10. The fourth-order valence-corrected chi connectivity index (χ4v) is 1.74. The Kier molecular flexibility index (Phi) is 8.63. The molecule has 6 heteroatoms. The molecule has 0 fully saturated rings. The molecule has 116 valence electrons. The Labute approximate surface area is 120 Å². The zero-order chi connectivity index (χ0) is 15.6. The van der Waals surface area contributed by atoms with Gasteiger partial charge in [0.2, 0.25) is 0 Å². The van der Waals surface area contributed by atoms with Crippen molar-refractivity contribution in [3.05, 3.63) is 12.7 Å². The fraction of sp³-hybridized carbons (Fsp3) is 0.714. The first-order chi connectivity index (χ1) is 9.32. The summed E-state index contributed by atoms with van der Waals surface area (Å²) in [6.07, 6.45) is 3.01. The largest absolute Gasteiger partial charge is 0.481 e. The minimum atomic E-state index is -0.804. The number of carboxylic acid groups (broad SMARTS) is 1. The second kappa shape index (κ2) is 9.36. The SMILES string of the molecule is C=CCN(CCO)C(=O)NCCC(C)(C)CCC(=O)O. The number of rotatable bonds is 10. The van der Waals surface area contributed by atoms with E-state index in [0.717, 1.165) is 0 Å². The van der Waals surface area contributed by atoms with E-state index in [1.807, 2.05) is 13.8 Å². The topological polar surface area (TPSA) is 89.9 Å². The van der Waals surface area contributed by atoms with Crippen LogP contribution in [0.25, 0.3) is 0 Å². The number of aliphatic hydroxyl groups is 1. The van der Waals surface area contributed by atoms with E-state index >= 15 is 0 Å². The van der Waals surface area contributed by atoms with Crippen molar-refractivity contribution in [1.29, 1.82) is 0 Å². The average Bonchev–Trinajstić information content (AvgIpc) is 2.36. The van der Waals surface area contributed by atoms with Crippen molar-refractivity contribution in [2.45, 2.75) is 33.1 Å². The predicted octanol–water partition coefficient (Wildman–Crippen LogP) is 1.46. The number of carboxylic acids is 1. The van der Waals surface area contributed by atoms with Gasteiger partial charge in [-0.3, -0.25) is 4.79 Å². The van der Waals surface area contributed by atoms with Crippen LogP contribution in [0.3, 0.4) is 0 Å². The van der Waals surface area contributed by atoms with Gasteiger partial charge in [-0.2, -0.15) is 0 Å². The average molecular weight is 286 g/mol. The van der Waals surface area contributed by atoms with Gasteiger partial charge in [0, 0.05) is 26.1 Å². The summed E-state index contributed by atoms with van der Waals surface area (Å²) < 4.78 is 0. The van der Waals surface area contributed by atoms with Gasteiger partial charge in [0.25, 0.3) is 0 Å². The highest BCUT2D eigenvalue weighted by Gasteiger charge is 2.20. The molecule has 20 heavy (non-hydrogen) atoms. The third-order valence-corrected chi connectivity index (χ3v) is 3.10. The summed E-state index contributed by atoms with van der Waals surface area (Å²) in [6, 6.07) is -0.243. The van der Waals surface area contributed by atoms with Crippen molar-refractivity contribution in [2.24, 2.45) is 5.41 Å². The molecule has 0 spiro atoms. The van der Waals surface area contributed by atoms with Crippen LogP contribution in [0.2, 0.25) is 0 Å². The number of carbonyl (C=O) groups excluding carboxylic acids is 1. The molecular weight excluding hydrogens is 260 g/mol. The smallest absolute Gasteiger partial charge is 0.317 e. The van der Waals surface area contributed by atoms with Crippen LogP contribution in [-0.4, -0.2) is 53.4 Å². The highest BCUT2D eigenvalue weighted by molar-refractivity contribution is 5.74. The summed E-state index contributed by atoms with van der Waals surface area (Å²) in [5.74, 6) is -0.804. The highest BCUT2D eigenvalue weighted by Crippen LogP contribution is 2.25. The second-order valence-corrected chi connectivity index (χ2v) is 5.50. The van der Waals surface area contributed by atoms with Crippen molar-refractivity contribution >= 4 is 12.0 Å². The van der Waals surface area contributed by atoms with Crippen LogP contribution in [-0.2, 0) is 4.79 Å². The van der Waals surface area contributed by atoms with Gasteiger partial charge in [0.1, 0.15) is 0 Å². The number of aliphatic hydroxyl groups excluding tert-OH is 1. The second-order valence-electron chi connectivity index (χ2n) is 5.50. The van der Waals surface area contributed by atoms with E-state index < -0.39 is 5.97 Å². The molecule has 0 aliphatic heterocycles. The van der Waals surface area contributed by atoms with Gasteiger partial charge in [0.15, 0.2) is 0 Å². The van der Waals surface area contributed by atoms with E-state index in [2.05, 4.69) is 11.9 Å². The summed E-state index contributed by atoms with van der Waals surface area (Å²) in [5.41, 5.74) is -0.133. The molecule has 0 aliphatic carbocycles. The van der Waals surface area contributed by atoms with Gasteiger partial charge < -0.3 is 20.4 Å². The Morgan fingerprint density at radius 2 is 2.00 bits per heavy atom. The number of nitrogens with zero attached hydrogens (tertiary/aromatic N) is 1. The Bertz CT molecular complexity index is 329. The number of urea groups is 1. The molecule has 0 atom stereocenters. The normalized spacial score (nSPS) is 10.9. The van der Waals surface area contributed by atoms with Crippen LogP contribution in [0.1, 0.15) is 33.1 Å².